The number of aromatic nitrogens is 2. The summed E-state index contributed by atoms with van der Waals surface area (Å²) < 4.78 is 7.63. The van der Waals surface area contributed by atoms with Gasteiger partial charge in [-0.05, 0) is 30.5 Å². The first-order chi connectivity index (χ1) is 8.79. The van der Waals surface area contributed by atoms with E-state index in [0.29, 0.717) is 12.5 Å². The van der Waals surface area contributed by atoms with Crippen LogP contribution in [0, 0.1) is 0 Å². The lowest BCUT2D eigenvalue weighted by molar-refractivity contribution is 0.0831. The van der Waals surface area contributed by atoms with Crippen molar-refractivity contribution in [2.24, 2.45) is 12.8 Å². The fourth-order valence-electron chi connectivity index (χ4n) is 2.71. The lowest BCUT2D eigenvalue weighted by Gasteiger charge is -2.21. The Kier molecular flexibility index (Phi) is 3.06. The Labute approximate surface area is 107 Å². The first-order valence-corrected chi connectivity index (χ1v) is 6.52. The Hall–Kier alpha value is -1.39. The Morgan fingerprint density at radius 2 is 2.17 bits per heavy atom. The first-order valence-electron chi connectivity index (χ1n) is 6.52. The lowest BCUT2D eigenvalue weighted by atomic mass is 9.99. The summed E-state index contributed by atoms with van der Waals surface area (Å²) in [6.07, 6.45) is 2.14. The van der Waals surface area contributed by atoms with E-state index in [1.807, 2.05) is 0 Å². The van der Waals surface area contributed by atoms with E-state index in [1.165, 1.54) is 11.3 Å². The van der Waals surface area contributed by atoms with Gasteiger partial charge in [0, 0.05) is 32.7 Å². The van der Waals surface area contributed by atoms with Crippen LogP contribution in [0.15, 0.2) is 18.2 Å². The summed E-state index contributed by atoms with van der Waals surface area (Å²) in [7, 11) is 2.10. The molecule has 96 valence electrons. The maximum absolute atomic E-state index is 5.68. The number of aryl methyl sites for hydroxylation is 1. The zero-order valence-electron chi connectivity index (χ0n) is 10.7. The fraction of sp³-hybridized carbons (Fsp3) is 0.500. The molecule has 4 nitrogen and oxygen atoms in total. The van der Waals surface area contributed by atoms with Gasteiger partial charge in [0.05, 0.1) is 11.0 Å². The van der Waals surface area contributed by atoms with Gasteiger partial charge in [0.1, 0.15) is 5.82 Å². The molecular weight excluding hydrogens is 226 g/mol. The molecule has 18 heavy (non-hydrogen) atoms. The van der Waals surface area contributed by atoms with E-state index < -0.39 is 0 Å². The van der Waals surface area contributed by atoms with Gasteiger partial charge >= 0.3 is 0 Å². The summed E-state index contributed by atoms with van der Waals surface area (Å²) in [6, 6.07) is 6.29. The summed E-state index contributed by atoms with van der Waals surface area (Å²) in [4.78, 5) is 4.80. The standard InChI is InChI=1S/C14H19N3O/c1-17-13-3-2-10(9-15)8-12(13)16-14(17)11-4-6-18-7-5-11/h2-3,8,11H,4-7,9,15H2,1H3. The summed E-state index contributed by atoms with van der Waals surface area (Å²) in [5.74, 6) is 1.71. The minimum atomic E-state index is 0.525. The van der Waals surface area contributed by atoms with Crippen molar-refractivity contribution in [2.75, 3.05) is 13.2 Å². The Balaban J connectivity index is 2.04. The molecule has 4 heteroatoms. The van der Waals surface area contributed by atoms with Crippen LogP contribution >= 0.6 is 0 Å². The average molecular weight is 245 g/mol. The van der Waals surface area contributed by atoms with Crippen LogP contribution in [0.2, 0.25) is 0 Å². The molecular formula is C14H19N3O. The SMILES string of the molecule is Cn1c(C2CCOCC2)nc2cc(CN)ccc21. The van der Waals surface area contributed by atoms with Crippen LogP contribution in [-0.2, 0) is 18.3 Å². The third-order valence-corrected chi connectivity index (χ3v) is 3.80. The number of rotatable bonds is 2. The number of hydrogen-bond donors (Lipinski definition) is 1. The van der Waals surface area contributed by atoms with Crippen molar-refractivity contribution in [3.8, 4) is 0 Å². The second-order valence-corrected chi connectivity index (χ2v) is 4.94. The summed E-state index contributed by atoms with van der Waals surface area (Å²) >= 11 is 0. The zero-order valence-corrected chi connectivity index (χ0v) is 10.7. The molecule has 0 atom stereocenters. The average Bonchev–Trinajstić information content (AvgIpc) is 2.76. The quantitative estimate of drug-likeness (QED) is 0.879. The smallest absolute Gasteiger partial charge is 0.112 e. The van der Waals surface area contributed by atoms with Crippen LogP contribution in [0.4, 0.5) is 0 Å². The second-order valence-electron chi connectivity index (χ2n) is 4.94. The molecule has 0 bridgehead atoms. The molecule has 2 N–H and O–H groups in total. The number of benzene rings is 1. The van der Waals surface area contributed by atoms with Crippen LogP contribution < -0.4 is 5.73 Å². The van der Waals surface area contributed by atoms with Crippen molar-refractivity contribution in [2.45, 2.75) is 25.3 Å². The molecule has 0 spiro atoms. The lowest BCUT2D eigenvalue weighted by Crippen LogP contribution is -2.17. The van der Waals surface area contributed by atoms with Gasteiger partial charge in [0.15, 0.2) is 0 Å². The van der Waals surface area contributed by atoms with Crippen LogP contribution in [0.5, 0.6) is 0 Å². The minimum Gasteiger partial charge on any atom is -0.381 e. The molecule has 1 aromatic heterocycles. The highest BCUT2D eigenvalue weighted by molar-refractivity contribution is 5.77. The van der Waals surface area contributed by atoms with Gasteiger partial charge in [-0.15, -0.1) is 0 Å². The maximum Gasteiger partial charge on any atom is 0.112 e. The number of nitrogens with zero attached hydrogens (tertiary/aromatic N) is 2. The topological polar surface area (TPSA) is 53.1 Å². The largest absolute Gasteiger partial charge is 0.381 e. The summed E-state index contributed by atoms with van der Waals surface area (Å²) in [5.41, 5.74) is 9.06. The van der Waals surface area contributed by atoms with Crippen LogP contribution in [-0.4, -0.2) is 22.8 Å². The van der Waals surface area contributed by atoms with Gasteiger partial charge in [-0.1, -0.05) is 6.07 Å². The number of nitrogens with two attached hydrogens (primary N) is 1. The molecule has 0 aliphatic carbocycles. The van der Waals surface area contributed by atoms with Gasteiger partial charge < -0.3 is 15.0 Å². The molecule has 2 heterocycles. The van der Waals surface area contributed by atoms with Crippen molar-refractivity contribution in [3.63, 3.8) is 0 Å². The van der Waals surface area contributed by atoms with E-state index in [2.05, 4.69) is 29.8 Å². The van der Waals surface area contributed by atoms with Crippen molar-refractivity contribution < 1.29 is 4.74 Å². The summed E-state index contributed by atoms with van der Waals surface area (Å²) in [6.45, 7) is 2.27. The monoisotopic (exact) mass is 245 g/mol. The van der Waals surface area contributed by atoms with Gasteiger partial charge in [-0.3, -0.25) is 0 Å². The van der Waals surface area contributed by atoms with E-state index in [1.54, 1.807) is 0 Å². The minimum absolute atomic E-state index is 0.525. The van der Waals surface area contributed by atoms with E-state index in [4.69, 9.17) is 15.5 Å². The molecule has 1 aliphatic rings. The summed E-state index contributed by atoms with van der Waals surface area (Å²) in [5, 5.41) is 0. The highest BCUT2D eigenvalue weighted by Crippen LogP contribution is 2.28. The molecule has 0 amide bonds. The highest BCUT2D eigenvalue weighted by atomic mass is 16.5. The molecule has 0 unspecified atom stereocenters. The molecule has 0 saturated carbocycles. The highest BCUT2D eigenvalue weighted by Gasteiger charge is 2.21. The van der Waals surface area contributed by atoms with Gasteiger partial charge in [0.25, 0.3) is 0 Å². The Morgan fingerprint density at radius 1 is 1.39 bits per heavy atom. The molecule has 3 rings (SSSR count). The molecule has 2 aromatic rings. The molecule has 1 aromatic carbocycles. The van der Waals surface area contributed by atoms with Crippen LogP contribution in [0.3, 0.4) is 0 Å². The third-order valence-electron chi connectivity index (χ3n) is 3.80. The van der Waals surface area contributed by atoms with Crippen molar-refractivity contribution in [1.82, 2.24) is 9.55 Å². The van der Waals surface area contributed by atoms with Crippen molar-refractivity contribution >= 4 is 11.0 Å². The number of hydrogen-bond acceptors (Lipinski definition) is 3. The first kappa shape index (κ1) is 11.7. The molecule has 0 radical (unpaired) electrons. The van der Waals surface area contributed by atoms with E-state index in [9.17, 15) is 0 Å². The van der Waals surface area contributed by atoms with Crippen LogP contribution in [0.1, 0.15) is 30.1 Å². The van der Waals surface area contributed by atoms with Crippen molar-refractivity contribution in [3.05, 3.63) is 29.6 Å². The van der Waals surface area contributed by atoms with Gasteiger partial charge in [0.2, 0.25) is 0 Å². The molecule has 1 fully saturated rings. The molecule has 1 saturated heterocycles. The normalized spacial score (nSPS) is 17.4. The number of fused-ring (bicyclic) bond motifs is 1. The predicted molar refractivity (Wildman–Crippen MR) is 71.4 cm³/mol. The van der Waals surface area contributed by atoms with Crippen LogP contribution in [0.25, 0.3) is 11.0 Å². The van der Waals surface area contributed by atoms with Gasteiger partial charge in [-0.25, -0.2) is 4.98 Å². The van der Waals surface area contributed by atoms with E-state index in [-0.39, 0.29) is 0 Å². The van der Waals surface area contributed by atoms with Gasteiger partial charge in [-0.2, -0.15) is 0 Å². The van der Waals surface area contributed by atoms with Crippen molar-refractivity contribution in [1.29, 1.82) is 0 Å². The fourth-order valence-corrected chi connectivity index (χ4v) is 2.71. The zero-order chi connectivity index (χ0) is 12.5. The Bertz CT molecular complexity index is 555. The number of imidazole rings is 1. The molecule has 1 aliphatic heterocycles. The maximum atomic E-state index is 5.68. The third kappa shape index (κ3) is 1.91. The Morgan fingerprint density at radius 3 is 2.89 bits per heavy atom. The van der Waals surface area contributed by atoms with E-state index in [0.717, 1.165) is 37.1 Å². The predicted octanol–water partition coefficient (Wildman–Crippen LogP) is 1.93. The second kappa shape index (κ2) is 4.71. The number of ether oxygens (including phenoxy) is 1. The van der Waals surface area contributed by atoms with E-state index >= 15 is 0 Å².